The number of carbonyl (C=O) groups excluding carboxylic acids is 1. The van der Waals surface area contributed by atoms with Crippen molar-refractivity contribution in [2.75, 3.05) is 19.7 Å². The van der Waals surface area contributed by atoms with Crippen molar-refractivity contribution < 1.29 is 9.53 Å². The largest absolute Gasteiger partial charge is 0.493 e. The lowest BCUT2D eigenvalue weighted by molar-refractivity contribution is -0.123. The number of rotatable bonds is 6. The summed E-state index contributed by atoms with van der Waals surface area (Å²) in [5.74, 6) is 0.864. The summed E-state index contributed by atoms with van der Waals surface area (Å²) >= 11 is 0. The molecule has 0 aromatic heterocycles. The van der Waals surface area contributed by atoms with Crippen LogP contribution in [0.25, 0.3) is 0 Å². The second kappa shape index (κ2) is 8.20. The molecular weight excluding hydrogens is 384 g/mol. The van der Waals surface area contributed by atoms with Gasteiger partial charge in [0, 0.05) is 19.5 Å². The lowest BCUT2D eigenvalue weighted by atomic mass is 9.64. The van der Waals surface area contributed by atoms with Gasteiger partial charge in [-0.25, -0.2) is 0 Å². The molecule has 1 fully saturated rings. The number of nitrogens with zero attached hydrogens (tertiary/aromatic N) is 1. The Morgan fingerprint density at radius 3 is 2.32 bits per heavy atom. The Morgan fingerprint density at radius 1 is 1.00 bits per heavy atom. The first kappa shape index (κ1) is 19.8. The fourth-order valence-electron chi connectivity index (χ4n) is 5.45. The van der Waals surface area contributed by atoms with Crippen molar-refractivity contribution >= 4 is 5.91 Å². The smallest absolute Gasteiger partial charge is 0.232 e. The van der Waals surface area contributed by atoms with Crippen molar-refractivity contribution in [3.05, 3.63) is 101 Å². The molecule has 4 nitrogen and oxygen atoms in total. The van der Waals surface area contributed by atoms with Crippen LogP contribution in [0.15, 0.2) is 78.9 Å². The second-order valence-corrected chi connectivity index (χ2v) is 8.67. The molecule has 0 radical (unpaired) electrons. The molecule has 1 amide bonds. The maximum atomic E-state index is 13.2. The summed E-state index contributed by atoms with van der Waals surface area (Å²) in [6.07, 6.45) is 1.92. The van der Waals surface area contributed by atoms with Crippen LogP contribution in [0.4, 0.5) is 0 Å². The number of hydrogen-bond donors (Lipinski definition) is 1. The highest BCUT2D eigenvalue weighted by molar-refractivity contribution is 5.91. The number of hydrogen-bond acceptors (Lipinski definition) is 3. The van der Waals surface area contributed by atoms with Gasteiger partial charge in [0.2, 0.25) is 5.91 Å². The fraction of sp³-hybridized carbons (Fsp3) is 0.296. The molecule has 1 saturated heterocycles. The Hall–Kier alpha value is -3.11. The van der Waals surface area contributed by atoms with Gasteiger partial charge in [0.05, 0.1) is 6.61 Å². The SMILES string of the molecule is NC(=O)C(c1ccccc1)(c1ccccc1)C1CCN(Cc2ccc3c(c2)CCO3)C1. The molecule has 0 saturated carbocycles. The Morgan fingerprint density at radius 2 is 1.68 bits per heavy atom. The number of ether oxygens (including phenoxy) is 1. The average Bonchev–Trinajstić information content (AvgIpc) is 3.45. The van der Waals surface area contributed by atoms with Crippen molar-refractivity contribution in [1.82, 2.24) is 4.90 Å². The number of likely N-dealkylation sites (tertiary alicyclic amines) is 1. The normalized spacial score (nSPS) is 18.5. The van der Waals surface area contributed by atoms with Crippen LogP contribution in [-0.4, -0.2) is 30.5 Å². The molecule has 2 aliphatic heterocycles. The Kier molecular flexibility index (Phi) is 5.24. The number of nitrogens with two attached hydrogens (primary N) is 1. The summed E-state index contributed by atoms with van der Waals surface area (Å²) in [5, 5.41) is 0. The zero-order valence-electron chi connectivity index (χ0n) is 17.7. The van der Waals surface area contributed by atoms with E-state index < -0.39 is 5.41 Å². The highest BCUT2D eigenvalue weighted by atomic mass is 16.5. The van der Waals surface area contributed by atoms with Gasteiger partial charge in [0.15, 0.2) is 0 Å². The summed E-state index contributed by atoms with van der Waals surface area (Å²) in [6.45, 7) is 3.44. The summed E-state index contributed by atoms with van der Waals surface area (Å²) in [6, 6.07) is 26.6. The molecule has 31 heavy (non-hydrogen) atoms. The van der Waals surface area contributed by atoms with Crippen molar-refractivity contribution in [1.29, 1.82) is 0 Å². The maximum Gasteiger partial charge on any atom is 0.232 e. The molecule has 1 atom stereocenters. The third-order valence-electron chi connectivity index (χ3n) is 6.89. The van der Waals surface area contributed by atoms with E-state index in [2.05, 4.69) is 23.1 Å². The van der Waals surface area contributed by atoms with Crippen molar-refractivity contribution in [3.63, 3.8) is 0 Å². The zero-order chi connectivity index (χ0) is 21.3. The quantitative estimate of drug-likeness (QED) is 0.668. The highest BCUT2D eigenvalue weighted by Gasteiger charge is 2.49. The van der Waals surface area contributed by atoms with Crippen LogP contribution >= 0.6 is 0 Å². The molecule has 2 heterocycles. The summed E-state index contributed by atoms with van der Waals surface area (Å²) in [5.41, 5.74) is 9.94. The second-order valence-electron chi connectivity index (χ2n) is 8.67. The van der Waals surface area contributed by atoms with Crippen LogP contribution in [-0.2, 0) is 23.2 Å². The van der Waals surface area contributed by atoms with E-state index in [9.17, 15) is 4.79 Å². The van der Waals surface area contributed by atoms with E-state index in [0.29, 0.717) is 0 Å². The monoisotopic (exact) mass is 412 g/mol. The molecule has 1 unspecified atom stereocenters. The Bertz CT molecular complexity index is 1030. The van der Waals surface area contributed by atoms with Crippen LogP contribution in [0.2, 0.25) is 0 Å². The van der Waals surface area contributed by atoms with E-state index in [0.717, 1.165) is 56.0 Å². The lowest BCUT2D eigenvalue weighted by Crippen LogP contribution is -2.49. The van der Waals surface area contributed by atoms with Gasteiger partial charge >= 0.3 is 0 Å². The summed E-state index contributed by atoms with van der Waals surface area (Å²) in [7, 11) is 0. The van der Waals surface area contributed by atoms with Gasteiger partial charge in [-0.3, -0.25) is 9.69 Å². The first-order valence-corrected chi connectivity index (χ1v) is 11.1. The lowest BCUT2D eigenvalue weighted by Gasteiger charge is -2.37. The number of benzene rings is 3. The molecule has 3 aromatic carbocycles. The van der Waals surface area contributed by atoms with Gasteiger partial charge in [0.1, 0.15) is 11.2 Å². The van der Waals surface area contributed by atoms with Gasteiger partial charge < -0.3 is 10.5 Å². The Labute approximate surface area is 183 Å². The first-order chi connectivity index (χ1) is 15.2. The average molecular weight is 413 g/mol. The van der Waals surface area contributed by atoms with Gasteiger partial charge in [-0.05, 0) is 47.2 Å². The summed E-state index contributed by atoms with van der Waals surface area (Å²) in [4.78, 5) is 15.6. The van der Waals surface area contributed by atoms with E-state index >= 15 is 0 Å². The van der Waals surface area contributed by atoms with Gasteiger partial charge in [0.25, 0.3) is 0 Å². The Balaban J connectivity index is 1.46. The van der Waals surface area contributed by atoms with Gasteiger partial charge in [-0.15, -0.1) is 0 Å². The fourth-order valence-corrected chi connectivity index (χ4v) is 5.45. The van der Waals surface area contributed by atoms with Crippen molar-refractivity contribution in [2.24, 2.45) is 11.7 Å². The van der Waals surface area contributed by atoms with Crippen molar-refractivity contribution in [2.45, 2.75) is 24.8 Å². The van der Waals surface area contributed by atoms with E-state index in [1.807, 2.05) is 60.7 Å². The molecule has 0 aliphatic carbocycles. The molecule has 2 aliphatic rings. The van der Waals surface area contributed by atoms with E-state index in [1.165, 1.54) is 11.1 Å². The predicted octanol–water partition coefficient (Wildman–Crippen LogP) is 3.92. The van der Waals surface area contributed by atoms with Gasteiger partial charge in [-0.1, -0.05) is 72.8 Å². The first-order valence-electron chi connectivity index (χ1n) is 11.1. The minimum atomic E-state index is -0.830. The molecular formula is C27H28N2O2. The molecule has 2 N–H and O–H groups in total. The third-order valence-corrected chi connectivity index (χ3v) is 6.89. The predicted molar refractivity (Wildman–Crippen MR) is 122 cm³/mol. The zero-order valence-corrected chi connectivity index (χ0v) is 17.7. The van der Waals surface area contributed by atoms with Crippen LogP contribution in [0.5, 0.6) is 5.75 Å². The van der Waals surface area contributed by atoms with Crippen LogP contribution in [0, 0.1) is 5.92 Å². The maximum absolute atomic E-state index is 13.2. The van der Waals surface area contributed by atoms with Gasteiger partial charge in [-0.2, -0.15) is 0 Å². The number of fused-ring (bicyclic) bond motifs is 1. The van der Waals surface area contributed by atoms with Crippen LogP contribution < -0.4 is 10.5 Å². The van der Waals surface area contributed by atoms with E-state index in [1.54, 1.807) is 0 Å². The molecule has 5 rings (SSSR count). The highest BCUT2D eigenvalue weighted by Crippen LogP contribution is 2.44. The molecule has 0 bridgehead atoms. The number of carbonyl (C=O) groups is 1. The van der Waals surface area contributed by atoms with E-state index in [-0.39, 0.29) is 11.8 Å². The minimum absolute atomic E-state index is 0.118. The minimum Gasteiger partial charge on any atom is -0.493 e. The molecule has 4 heteroatoms. The van der Waals surface area contributed by atoms with Crippen LogP contribution in [0.1, 0.15) is 28.7 Å². The topological polar surface area (TPSA) is 55.6 Å². The molecule has 0 spiro atoms. The van der Waals surface area contributed by atoms with Crippen LogP contribution in [0.3, 0.4) is 0 Å². The molecule has 158 valence electrons. The molecule has 3 aromatic rings. The van der Waals surface area contributed by atoms with E-state index in [4.69, 9.17) is 10.5 Å². The summed E-state index contributed by atoms with van der Waals surface area (Å²) < 4.78 is 5.64. The number of primary amides is 1. The number of amides is 1. The third kappa shape index (κ3) is 3.51. The standard InChI is InChI=1S/C27H28N2O2/c28-26(30)27(22-7-3-1-4-8-22,23-9-5-2-6-10-23)24-13-15-29(19-24)18-20-11-12-25-21(17-20)14-16-31-25/h1-12,17,24H,13-16,18-19H2,(H2,28,30). The van der Waals surface area contributed by atoms with Crippen molar-refractivity contribution in [3.8, 4) is 5.75 Å².